The van der Waals surface area contributed by atoms with Gasteiger partial charge < -0.3 is 14.6 Å². The molecule has 0 spiro atoms. The number of aliphatic hydroxyl groups excluding tert-OH is 1. The van der Waals surface area contributed by atoms with E-state index in [1.807, 2.05) is 0 Å². The van der Waals surface area contributed by atoms with Gasteiger partial charge in [-0.15, -0.1) is 0 Å². The molecule has 0 radical (unpaired) electrons. The Bertz CT molecular complexity index is 294. The highest BCUT2D eigenvalue weighted by Crippen LogP contribution is 2.27. The highest BCUT2D eigenvalue weighted by molar-refractivity contribution is 5.43. The molecule has 0 aliphatic rings. The molecule has 1 rings (SSSR count). The van der Waals surface area contributed by atoms with E-state index in [-0.39, 0.29) is 6.61 Å². The molecule has 13 heavy (non-hydrogen) atoms. The number of rotatable bonds is 4. The molecule has 1 aromatic rings. The van der Waals surface area contributed by atoms with Crippen molar-refractivity contribution in [1.29, 1.82) is 0 Å². The quantitative estimate of drug-likeness (QED) is 0.717. The molecule has 0 fully saturated rings. The van der Waals surface area contributed by atoms with Crippen LogP contribution in [0.3, 0.4) is 0 Å². The first-order valence-corrected chi connectivity index (χ1v) is 3.87. The lowest BCUT2D eigenvalue weighted by Gasteiger charge is -2.07. The number of ether oxygens (including phenoxy) is 2. The van der Waals surface area contributed by atoms with Gasteiger partial charge in [-0.25, -0.2) is 0 Å². The van der Waals surface area contributed by atoms with Crippen LogP contribution in [0.1, 0.15) is 5.56 Å². The molecular formula is C10H12O3. The first-order chi connectivity index (χ1) is 6.31. The summed E-state index contributed by atoms with van der Waals surface area (Å²) in [6.07, 6.45) is 1.33. The van der Waals surface area contributed by atoms with Gasteiger partial charge in [0.05, 0.1) is 20.0 Å². The van der Waals surface area contributed by atoms with Crippen molar-refractivity contribution in [3.05, 3.63) is 36.6 Å². The zero-order chi connectivity index (χ0) is 9.68. The van der Waals surface area contributed by atoms with Gasteiger partial charge in [0, 0.05) is 0 Å². The van der Waals surface area contributed by atoms with Crippen molar-refractivity contribution in [3.63, 3.8) is 0 Å². The summed E-state index contributed by atoms with van der Waals surface area (Å²) in [7, 11) is 1.55. The van der Waals surface area contributed by atoms with Crippen LogP contribution in [0, 0.1) is 0 Å². The minimum atomic E-state index is -0.00920. The molecule has 1 N–H and O–H groups in total. The lowest BCUT2D eigenvalue weighted by Crippen LogP contribution is -1.91. The Hall–Kier alpha value is -1.48. The molecule has 0 bridgehead atoms. The second kappa shape index (κ2) is 4.52. The van der Waals surface area contributed by atoms with E-state index in [2.05, 4.69) is 6.58 Å². The molecule has 0 saturated carbocycles. The van der Waals surface area contributed by atoms with Gasteiger partial charge in [-0.1, -0.05) is 12.6 Å². The van der Waals surface area contributed by atoms with Crippen LogP contribution in [0.25, 0.3) is 0 Å². The third kappa shape index (κ3) is 2.23. The lowest BCUT2D eigenvalue weighted by atomic mass is 10.2. The van der Waals surface area contributed by atoms with Gasteiger partial charge in [-0.05, 0) is 17.7 Å². The summed E-state index contributed by atoms with van der Waals surface area (Å²) in [6.45, 7) is 3.44. The second-order valence-corrected chi connectivity index (χ2v) is 2.43. The smallest absolute Gasteiger partial charge is 0.168 e. The van der Waals surface area contributed by atoms with E-state index in [1.54, 1.807) is 25.3 Å². The Morgan fingerprint density at radius 3 is 2.77 bits per heavy atom. The molecule has 0 aliphatic carbocycles. The lowest BCUT2D eigenvalue weighted by molar-refractivity contribution is 0.280. The van der Waals surface area contributed by atoms with Gasteiger partial charge in [0.1, 0.15) is 0 Å². The fraction of sp³-hybridized carbons (Fsp3) is 0.200. The fourth-order valence-corrected chi connectivity index (χ4v) is 0.997. The summed E-state index contributed by atoms with van der Waals surface area (Å²) in [5.74, 6) is 1.18. The third-order valence-electron chi connectivity index (χ3n) is 1.62. The van der Waals surface area contributed by atoms with Gasteiger partial charge in [0.15, 0.2) is 11.5 Å². The molecule has 0 heterocycles. The summed E-state index contributed by atoms with van der Waals surface area (Å²) in [6, 6.07) is 5.21. The Morgan fingerprint density at radius 1 is 1.46 bits per heavy atom. The minimum absolute atomic E-state index is 0.00920. The van der Waals surface area contributed by atoms with Crippen LogP contribution in [0.4, 0.5) is 0 Å². The Balaban J connectivity index is 3.00. The van der Waals surface area contributed by atoms with Crippen LogP contribution in [0.2, 0.25) is 0 Å². The molecule has 0 atom stereocenters. The average molecular weight is 180 g/mol. The van der Waals surface area contributed by atoms with Gasteiger partial charge in [-0.2, -0.15) is 0 Å². The minimum Gasteiger partial charge on any atom is -0.493 e. The molecule has 1 aromatic carbocycles. The molecule has 0 aliphatic heterocycles. The normalized spacial score (nSPS) is 9.38. The largest absolute Gasteiger partial charge is 0.493 e. The maximum atomic E-state index is 8.86. The highest BCUT2D eigenvalue weighted by Gasteiger charge is 2.03. The highest BCUT2D eigenvalue weighted by atomic mass is 16.5. The van der Waals surface area contributed by atoms with Crippen LogP contribution < -0.4 is 9.47 Å². The molecule has 0 aromatic heterocycles. The van der Waals surface area contributed by atoms with E-state index in [1.165, 1.54) is 6.26 Å². The molecule has 0 unspecified atom stereocenters. The van der Waals surface area contributed by atoms with Crippen molar-refractivity contribution >= 4 is 0 Å². The molecule has 70 valence electrons. The van der Waals surface area contributed by atoms with Crippen LogP contribution >= 0.6 is 0 Å². The van der Waals surface area contributed by atoms with Gasteiger partial charge in [0.2, 0.25) is 0 Å². The SMILES string of the molecule is C=COc1ccc(CO)cc1OC. The summed E-state index contributed by atoms with van der Waals surface area (Å²) in [5, 5.41) is 8.86. The summed E-state index contributed by atoms with van der Waals surface area (Å²) in [4.78, 5) is 0. The number of aliphatic hydroxyl groups is 1. The van der Waals surface area contributed by atoms with E-state index in [9.17, 15) is 0 Å². The Kier molecular flexibility index (Phi) is 3.34. The number of methoxy groups -OCH3 is 1. The maximum absolute atomic E-state index is 8.86. The van der Waals surface area contributed by atoms with E-state index in [0.717, 1.165) is 5.56 Å². The molecule has 0 amide bonds. The number of hydrogen-bond donors (Lipinski definition) is 1. The molecule has 0 saturated heterocycles. The van der Waals surface area contributed by atoms with Crippen LogP contribution in [-0.4, -0.2) is 12.2 Å². The van der Waals surface area contributed by atoms with Crippen molar-refractivity contribution in [1.82, 2.24) is 0 Å². The van der Waals surface area contributed by atoms with Crippen molar-refractivity contribution in [2.24, 2.45) is 0 Å². The van der Waals surface area contributed by atoms with Crippen LogP contribution in [0.5, 0.6) is 11.5 Å². The number of hydrogen-bond acceptors (Lipinski definition) is 3. The topological polar surface area (TPSA) is 38.7 Å². The zero-order valence-electron chi connectivity index (χ0n) is 7.49. The second-order valence-electron chi connectivity index (χ2n) is 2.43. The van der Waals surface area contributed by atoms with Crippen LogP contribution in [-0.2, 0) is 6.61 Å². The number of benzene rings is 1. The maximum Gasteiger partial charge on any atom is 0.168 e. The average Bonchev–Trinajstić information content (AvgIpc) is 2.19. The third-order valence-corrected chi connectivity index (χ3v) is 1.62. The summed E-state index contributed by atoms with van der Waals surface area (Å²) in [5.41, 5.74) is 0.785. The Labute approximate surface area is 77.2 Å². The van der Waals surface area contributed by atoms with Crippen molar-refractivity contribution in [2.75, 3.05) is 7.11 Å². The van der Waals surface area contributed by atoms with Gasteiger partial charge >= 0.3 is 0 Å². The van der Waals surface area contributed by atoms with Gasteiger partial charge in [-0.3, -0.25) is 0 Å². The van der Waals surface area contributed by atoms with Crippen LogP contribution in [0.15, 0.2) is 31.0 Å². The Morgan fingerprint density at radius 2 is 2.23 bits per heavy atom. The monoisotopic (exact) mass is 180 g/mol. The van der Waals surface area contributed by atoms with E-state index in [4.69, 9.17) is 14.6 Å². The molecular weight excluding hydrogens is 168 g/mol. The summed E-state index contributed by atoms with van der Waals surface area (Å²) < 4.78 is 10.1. The first-order valence-electron chi connectivity index (χ1n) is 3.87. The standard InChI is InChI=1S/C10H12O3/c1-3-13-9-5-4-8(7-11)6-10(9)12-2/h3-6,11H,1,7H2,2H3. The van der Waals surface area contributed by atoms with E-state index in [0.29, 0.717) is 11.5 Å². The van der Waals surface area contributed by atoms with Crippen molar-refractivity contribution in [2.45, 2.75) is 6.61 Å². The van der Waals surface area contributed by atoms with Crippen molar-refractivity contribution in [3.8, 4) is 11.5 Å². The fourth-order valence-electron chi connectivity index (χ4n) is 0.997. The first kappa shape index (κ1) is 9.61. The van der Waals surface area contributed by atoms with Crippen molar-refractivity contribution < 1.29 is 14.6 Å². The predicted molar refractivity (Wildman–Crippen MR) is 49.7 cm³/mol. The molecule has 3 nitrogen and oxygen atoms in total. The van der Waals surface area contributed by atoms with Gasteiger partial charge in [0.25, 0.3) is 0 Å². The zero-order valence-corrected chi connectivity index (χ0v) is 7.49. The van der Waals surface area contributed by atoms with E-state index < -0.39 is 0 Å². The summed E-state index contributed by atoms with van der Waals surface area (Å²) >= 11 is 0. The van der Waals surface area contributed by atoms with E-state index >= 15 is 0 Å². The predicted octanol–water partition coefficient (Wildman–Crippen LogP) is 1.71. The molecule has 3 heteroatoms.